The Balaban J connectivity index is 1.73. The van der Waals surface area contributed by atoms with Gasteiger partial charge < -0.3 is 21.3 Å². The van der Waals surface area contributed by atoms with Crippen LogP contribution in [0.1, 0.15) is 18.9 Å². The molecule has 0 aromatic heterocycles. The molecule has 0 spiro atoms. The Morgan fingerprint density at radius 3 is 2.25 bits per heavy atom. The van der Waals surface area contributed by atoms with Gasteiger partial charge in [0.15, 0.2) is 0 Å². The molecule has 0 atom stereocenters. The second kappa shape index (κ2) is 10.7. The summed E-state index contributed by atoms with van der Waals surface area (Å²) in [6.07, 6.45) is 0.857. The number of benzene rings is 2. The molecule has 2 aromatic carbocycles. The number of rotatable bonds is 9. The summed E-state index contributed by atoms with van der Waals surface area (Å²) >= 11 is 0. The lowest BCUT2D eigenvalue weighted by molar-refractivity contribution is -0.136. The van der Waals surface area contributed by atoms with E-state index in [0.29, 0.717) is 12.2 Å². The van der Waals surface area contributed by atoms with Gasteiger partial charge in [-0.15, -0.1) is 0 Å². The topological polar surface area (TPSA) is 105 Å². The Hall–Kier alpha value is -3.35. The first-order chi connectivity index (χ1) is 13.5. The van der Waals surface area contributed by atoms with Crippen molar-refractivity contribution in [2.24, 2.45) is 5.73 Å². The number of primary amides is 1. The third kappa shape index (κ3) is 6.75. The first-order valence-electron chi connectivity index (χ1n) is 9.26. The van der Waals surface area contributed by atoms with Gasteiger partial charge in [-0.05, 0) is 43.2 Å². The van der Waals surface area contributed by atoms with Gasteiger partial charge in [0.2, 0.25) is 5.91 Å². The molecule has 7 heteroatoms. The summed E-state index contributed by atoms with van der Waals surface area (Å²) in [5.41, 5.74) is 7.50. The minimum atomic E-state index is -0.724. The van der Waals surface area contributed by atoms with Gasteiger partial charge in [-0.1, -0.05) is 30.3 Å². The number of hydrogen-bond donors (Lipinski definition) is 3. The van der Waals surface area contributed by atoms with E-state index < -0.39 is 17.7 Å². The van der Waals surface area contributed by atoms with E-state index in [-0.39, 0.29) is 6.42 Å². The summed E-state index contributed by atoms with van der Waals surface area (Å²) < 4.78 is 0. The molecule has 0 saturated carbocycles. The average molecular weight is 382 g/mol. The van der Waals surface area contributed by atoms with Crippen LogP contribution in [0.15, 0.2) is 54.6 Å². The first kappa shape index (κ1) is 21.0. The van der Waals surface area contributed by atoms with E-state index >= 15 is 0 Å². The normalized spacial score (nSPS) is 10.2. The largest absolute Gasteiger partial charge is 0.372 e. The lowest BCUT2D eigenvalue weighted by atomic mass is 10.1. The predicted molar refractivity (Wildman–Crippen MR) is 110 cm³/mol. The second-order valence-electron chi connectivity index (χ2n) is 6.32. The van der Waals surface area contributed by atoms with Crippen LogP contribution in [-0.4, -0.2) is 37.4 Å². The van der Waals surface area contributed by atoms with Crippen LogP contribution in [0.2, 0.25) is 0 Å². The number of nitrogens with two attached hydrogens (primary N) is 1. The third-order valence-corrected chi connectivity index (χ3v) is 4.19. The molecule has 0 aliphatic rings. The number of amides is 3. The molecule has 2 rings (SSSR count). The van der Waals surface area contributed by atoms with Crippen molar-refractivity contribution in [1.82, 2.24) is 5.32 Å². The van der Waals surface area contributed by atoms with Crippen molar-refractivity contribution in [3.05, 3.63) is 60.2 Å². The zero-order valence-corrected chi connectivity index (χ0v) is 16.0. The highest BCUT2D eigenvalue weighted by Gasteiger charge is 2.13. The summed E-state index contributed by atoms with van der Waals surface area (Å²) in [5.74, 6) is -1.83. The number of hydrogen-bond acceptors (Lipinski definition) is 4. The molecular formula is C21H26N4O3. The molecule has 3 amide bonds. The van der Waals surface area contributed by atoms with Crippen LogP contribution in [0.5, 0.6) is 0 Å². The maximum Gasteiger partial charge on any atom is 0.313 e. The second-order valence-corrected chi connectivity index (χ2v) is 6.32. The summed E-state index contributed by atoms with van der Waals surface area (Å²) in [7, 11) is 0. The van der Waals surface area contributed by atoms with Crippen molar-refractivity contribution in [2.45, 2.75) is 19.8 Å². The average Bonchev–Trinajstić information content (AvgIpc) is 2.69. The molecule has 0 bridgehead atoms. The van der Waals surface area contributed by atoms with Gasteiger partial charge in [-0.25, -0.2) is 0 Å². The number of nitrogens with one attached hydrogen (secondary N) is 2. The molecule has 0 fully saturated rings. The van der Waals surface area contributed by atoms with E-state index in [1.165, 1.54) is 0 Å². The van der Waals surface area contributed by atoms with Gasteiger partial charge in [-0.2, -0.15) is 0 Å². The zero-order chi connectivity index (χ0) is 20.4. The molecule has 0 saturated heterocycles. The minimum Gasteiger partial charge on any atom is -0.372 e. The molecular weight excluding hydrogens is 356 g/mol. The molecule has 0 aliphatic heterocycles. The van der Waals surface area contributed by atoms with Crippen LogP contribution in [0.3, 0.4) is 0 Å². The maximum absolute atomic E-state index is 12.0. The van der Waals surface area contributed by atoms with E-state index in [2.05, 4.69) is 22.5 Å². The molecule has 0 radical (unpaired) electrons. The van der Waals surface area contributed by atoms with Gasteiger partial charge >= 0.3 is 11.8 Å². The third-order valence-electron chi connectivity index (χ3n) is 4.19. The smallest absolute Gasteiger partial charge is 0.313 e. The summed E-state index contributed by atoms with van der Waals surface area (Å²) in [5, 5.41) is 5.16. The van der Waals surface area contributed by atoms with Crippen molar-refractivity contribution in [3.8, 4) is 0 Å². The monoisotopic (exact) mass is 382 g/mol. The van der Waals surface area contributed by atoms with Gasteiger partial charge in [0.05, 0.1) is 6.42 Å². The van der Waals surface area contributed by atoms with Crippen molar-refractivity contribution in [2.75, 3.05) is 29.9 Å². The fourth-order valence-corrected chi connectivity index (χ4v) is 2.76. The van der Waals surface area contributed by atoms with E-state index in [1.54, 1.807) is 24.3 Å². The molecule has 7 nitrogen and oxygen atoms in total. The maximum atomic E-state index is 12.0. The highest BCUT2D eigenvalue weighted by Crippen LogP contribution is 2.13. The lowest BCUT2D eigenvalue weighted by Gasteiger charge is -2.23. The number of carbonyl (C=O) groups excluding carboxylic acids is 3. The van der Waals surface area contributed by atoms with E-state index in [9.17, 15) is 14.4 Å². The van der Waals surface area contributed by atoms with E-state index in [1.807, 2.05) is 30.3 Å². The molecule has 0 aliphatic carbocycles. The summed E-state index contributed by atoms with van der Waals surface area (Å²) in [6, 6.07) is 16.7. The van der Waals surface area contributed by atoms with Crippen LogP contribution in [0.4, 0.5) is 11.4 Å². The van der Waals surface area contributed by atoms with Crippen LogP contribution < -0.4 is 21.3 Å². The number of para-hydroxylation sites is 1. The zero-order valence-electron chi connectivity index (χ0n) is 16.0. The van der Waals surface area contributed by atoms with Gasteiger partial charge in [0.1, 0.15) is 0 Å². The Labute approximate surface area is 164 Å². The molecule has 0 unspecified atom stereocenters. The molecule has 4 N–H and O–H groups in total. The van der Waals surface area contributed by atoms with Gasteiger partial charge in [0.25, 0.3) is 0 Å². The van der Waals surface area contributed by atoms with E-state index in [0.717, 1.165) is 30.8 Å². The Bertz CT molecular complexity index is 791. The molecule has 28 heavy (non-hydrogen) atoms. The van der Waals surface area contributed by atoms with Crippen LogP contribution in [0, 0.1) is 0 Å². The van der Waals surface area contributed by atoms with Crippen molar-refractivity contribution in [1.29, 1.82) is 0 Å². The lowest BCUT2D eigenvalue weighted by Crippen LogP contribution is -2.37. The Morgan fingerprint density at radius 1 is 0.964 bits per heavy atom. The predicted octanol–water partition coefficient (Wildman–Crippen LogP) is 1.69. The molecule has 0 heterocycles. The fraction of sp³-hybridized carbons (Fsp3) is 0.286. The highest BCUT2D eigenvalue weighted by atomic mass is 16.2. The quantitative estimate of drug-likeness (QED) is 0.453. The highest BCUT2D eigenvalue weighted by molar-refractivity contribution is 6.39. The fourth-order valence-electron chi connectivity index (χ4n) is 2.76. The van der Waals surface area contributed by atoms with Crippen LogP contribution in [-0.2, 0) is 20.8 Å². The van der Waals surface area contributed by atoms with Gasteiger partial charge in [0, 0.05) is 31.0 Å². The van der Waals surface area contributed by atoms with Crippen LogP contribution >= 0.6 is 0 Å². The van der Waals surface area contributed by atoms with E-state index in [4.69, 9.17) is 5.73 Å². The summed E-state index contributed by atoms with van der Waals surface area (Å²) in [4.78, 5) is 37.0. The Kier molecular flexibility index (Phi) is 8.02. The first-order valence-corrected chi connectivity index (χ1v) is 9.26. The summed E-state index contributed by atoms with van der Waals surface area (Å²) in [6.45, 7) is 4.13. The number of anilines is 2. The minimum absolute atomic E-state index is 0.131. The SMILES string of the molecule is CCN(CCCNC(=O)C(=O)Nc1ccc(CC(N)=O)cc1)c1ccccc1. The van der Waals surface area contributed by atoms with Crippen molar-refractivity contribution in [3.63, 3.8) is 0 Å². The standard InChI is InChI=1S/C21H26N4O3/c1-2-25(18-7-4-3-5-8-18)14-6-13-23-20(27)21(28)24-17-11-9-16(10-12-17)15-19(22)26/h3-5,7-12H,2,6,13-15H2,1H3,(H2,22,26)(H,23,27)(H,24,28). The van der Waals surface area contributed by atoms with Crippen molar-refractivity contribution < 1.29 is 14.4 Å². The van der Waals surface area contributed by atoms with Gasteiger partial charge in [-0.3, -0.25) is 14.4 Å². The van der Waals surface area contributed by atoms with Crippen molar-refractivity contribution >= 4 is 29.1 Å². The Morgan fingerprint density at radius 2 is 1.64 bits per heavy atom. The molecule has 148 valence electrons. The molecule has 2 aromatic rings. The van der Waals surface area contributed by atoms with Crippen LogP contribution in [0.25, 0.3) is 0 Å². The number of nitrogens with zero attached hydrogens (tertiary/aromatic N) is 1. The number of carbonyl (C=O) groups is 3.